The number of rotatable bonds is 7. The van der Waals surface area contributed by atoms with E-state index in [1.54, 1.807) is 0 Å². The van der Waals surface area contributed by atoms with E-state index in [0.717, 1.165) is 12.1 Å². The van der Waals surface area contributed by atoms with Gasteiger partial charge in [0.25, 0.3) is 0 Å². The summed E-state index contributed by atoms with van der Waals surface area (Å²) in [6.45, 7) is 5.44. The van der Waals surface area contributed by atoms with E-state index in [1.807, 2.05) is 30.3 Å². The van der Waals surface area contributed by atoms with E-state index in [1.165, 1.54) is 16.7 Å². The summed E-state index contributed by atoms with van der Waals surface area (Å²) in [7, 11) is 0. The van der Waals surface area contributed by atoms with Crippen LogP contribution in [0, 0.1) is 6.92 Å². The molecule has 2 rings (SSSR count). The fourth-order valence-electron chi connectivity index (χ4n) is 2.40. The van der Waals surface area contributed by atoms with Crippen LogP contribution in [0.1, 0.15) is 30.0 Å². The third-order valence-electron chi connectivity index (χ3n) is 3.80. The van der Waals surface area contributed by atoms with Gasteiger partial charge in [-0.1, -0.05) is 49.4 Å². The molecule has 3 heteroatoms. The van der Waals surface area contributed by atoms with E-state index in [9.17, 15) is 4.79 Å². The van der Waals surface area contributed by atoms with E-state index in [0.29, 0.717) is 19.5 Å². The Morgan fingerprint density at radius 1 is 1.00 bits per heavy atom. The lowest BCUT2D eigenvalue weighted by molar-refractivity contribution is -0.121. The maximum absolute atomic E-state index is 11.9. The van der Waals surface area contributed by atoms with E-state index in [2.05, 4.69) is 42.7 Å². The molecule has 0 bridgehead atoms. The zero-order chi connectivity index (χ0) is 15.8. The van der Waals surface area contributed by atoms with Crippen molar-refractivity contribution in [3.05, 3.63) is 65.2 Å². The third kappa shape index (κ3) is 4.62. The topological polar surface area (TPSA) is 41.1 Å². The first-order chi connectivity index (χ1) is 10.7. The van der Waals surface area contributed by atoms with Crippen LogP contribution in [0.5, 0.6) is 0 Å². The smallest absolute Gasteiger partial charge is 0.222 e. The highest BCUT2D eigenvalue weighted by atomic mass is 16.1. The maximum atomic E-state index is 11.9. The van der Waals surface area contributed by atoms with Crippen LogP contribution in [0.3, 0.4) is 0 Å². The fourth-order valence-corrected chi connectivity index (χ4v) is 2.40. The van der Waals surface area contributed by atoms with Gasteiger partial charge < -0.3 is 10.6 Å². The zero-order valence-corrected chi connectivity index (χ0v) is 13.4. The Morgan fingerprint density at radius 2 is 1.68 bits per heavy atom. The predicted octanol–water partition coefficient (Wildman–Crippen LogP) is 3.68. The van der Waals surface area contributed by atoms with E-state index >= 15 is 0 Å². The van der Waals surface area contributed by atoms with Crippen molar-refractivity contribution >= 4 is 11.6 Å². The Balaban J connectivity index is 1.75. The summed E-state index contributed by atoms with van der Waals surface area (Å²) in [5, 5.41) is 6.32. The van der Waals surface area contributed by atoms with Gasteiger partial charge in [0, 0.05) is 25.2 Å². The Morgan fingerprint density at radius 3 is 2.41 bits per heavy atom. The van der Waals surface area contributed by atoms with Gasteiger partial charge in [-0.25, -0.2) is 0 Å². The highest BCUT2D eigenvalue weighted by molar-refractivity contribution is 5.76. The van der Waals surface area contributed by atoms with Gasteiger partial charge in [-0.05, 0) is 36.1 Å². The van der Waals surface area contributed by atoms with Crippen LogP contribution in [-0.4, -0.2) is 12.5 Å². The summed E-state index contributed by atoms with van der Waals surface area (Å²) >= 11 is 0. The number of aryl methyl sites for hydroxylation is 2. The molecule has 2 N–H and O–H groups in total. The van der Waals surface area contributed by atoms with Gasteiger partial charge in [0.05, 0.1) is 0 Å². The van der Waals surface area contributed by atoms with Gasteiger partial charge in [0.1, 0.15) is 0 Å². The number of para-hydroxylation sites is 1. The summed E-state index contributed by atoms with van der Waals surface area (Å²) < 4.78 is 0. The van der Waals surface area contributed by atoms with Crippen molar-refractivity contribution in [1.82, 2.24) is 5.32 Å². The zero-order valence-electron chi connectivity index (χ0n) is 13.4. The first-order valence-corrected chi connectivity index (χ1v) is 7.83. The normalized spacial score (nSPS) is 10.3. The van der Waals surface area contributed by atoms with Crippen LogP contribution in [0.15, 0.2) is 48.5 Å². The Labute approximate surface area is 132 Å². The van der Waals surface area contributed by atoms with Gasteiger partial charge in [0.2, 0.25) is 5.91 Å². The van der Waals surface area contributed by atoms with Crippen molar-refractivity contribution in [1.29, 1.82) is 0 Å². The molecule has 0 radical (unpaired) electrons. The van der Waals surface area contributed by atoms with Crippen molar-refractivity contribution in [3.8, 4) is 0 Å². The molecule has 0 aromatic heterocycles. The Kier molecular flexibility index (Phi) is 6.01. The molecule has 0 atom stereocenters. The summed E-state index contributed by atoms with van der Waals surface area (Å²) in [4.78, 5) is 11.9. The lowest BCUT2D eigenvalue weighted by Crippen LogP contribution is -2.25. The number of nitrogens with one attached hydrogen (secondary N) is 2. The van der Waals surface area contributed by atoms with Crippen molar-refractivity contribution in [2.45, 2.75) is 33.2 Å². The molecule has 22 heavy (non-hydrogen) atoms. The van der Waals surface area contributed by atoms with Crippen molar-refractivity contribution in [2.75, 3.05) is 11.9 Å². The quantitative estimate of drug-likeness (QED) is 0.818. The van der Waals surface area contributed by atoms with Crippen LogP contribution in [0.2, 0.25) is 0 Å². The average molecular weight is 296 g/mol. The van der Waals surface area contributed by atoms with Crippen LogP contribution >= 0.6 is 0 Å². The first-order valence-electron chi connectivity index (χ1n) is 7.83. The summed E-state index contributed by atoms with van der Waals surface area (Å²) in [5.41, 5.74) is 4.78. The molecule has 3 nitrogen and oxygen atoms in total. The van der Waals surface area contributed by atoms with E-state index in [-0.39, 0.29) is 5.91 Å². The molecule has 0 aliphatic heterocycles. The number of amides is 1. The van der Waals surface area contributed by atoms with Crippen LogP contribution < -0.4 is 10.6 Å². The maximum Gasteiger partial charge on any atom is 0.222 e. The molecule has 0 heterocycles. The predicted molar refractivity (Wildman–Crippen MR) is 92.0 cm³/mol. The summed E-state index contributed by atoms with van der Waals surface area (Å²) in [6, 6.07) is 16.3. The molecule has 116 valence electrons. The number of carbonyl (C=O) groups is 1. The third-order valence-corrected chi connectivity index (χ3v) is 3.80. The molecular weight excluding hydrogens is 272 g/mol. The lowest BCUT2D eigenvalue weighted by Gasteiger charge is -2.11. The Bertz CT molecular complexity index is 622. The SMILES string of the molecule is CCc1ccccc1NCCC(=O)NCc1ccccc1C. The first kappa shape index (κ1) is 16.1. The molecule has 0 fully saturated rings. The van der Waals surface area contributed by atoms with Crippen LogP contribution in [0.4, 0.5) is 5.69 Å². The minimum atomic E-state index is 0.0738. The van der Waals surface area contributed by atoms with E-state index < -0.39 is 0 Å². The molecule has 0 aliphatic rings. The second-order valence-electron chi connectivity index (χ2n) is 5.39. The highest BCUT2D eigenvalue weighted by Crippen LogP contribution is 2.15. The molecule has 0 unspecified atom stereocenters. The minimum Gasteiger partial charge on any atom is -0.384 e. The van der Waals surface area contributed by atoms with Crippen molar-refractivity contribution in [3.63, 3.8) is 0 Å². The monoisotopic (exact) mass is 296 g/mol. The average Bonchev–Trinajstić information content (AvgIpc) is 2.54. The number of carbonyl (C=O) groups excluding carboxylic acids is 1. The largest absolute Gasteiger partial charge is 0.384 e. The lowest BCUT2D eigenvalue weighted by atomic mass is 10.1. The molecule has 0 spiro atoms. The summed E-state index contributed by atoms with van der Waals surface area (Å²) in [5.74, 6) is 0.0738. The van der Waals surface area contributed by atoms with Gasteiger partial charge >= 0.3 is 0 Å². The van der Waals surface area contributed by atoms with Gasteiger partial charge in [-0.3, -0.25) is 4.79 Å². The molecular formula is C19H24N2O. The van der Waals surface area contributed by atoms with Crippen LogP contribution in [0.25, 0.3) is 0 Å². The number of hydrogen-bond donors (Lipinski definition) is 2. The Hall–Kier alpha value is -2.29. The minimum absolute atomic E-state index is 0.0738. The highest BCUT2D eigenvalue weighted by Gasteiger charge is 2.04. The molecule has 1 amide bonds. The fraction of sp³-hybridized carbons (Fsp3) is 0.316. The summed E-state index contributed by atoms with van der Waals surface area (Å²) in [6.07, 6.45) is 1.46. The molecule has 0 aliphatic carbocycles. The number of benzene rings is 2. The van der Waals surface area contributed by atoms with Crippen molar-refractivity contribution in [2.24, 2.45) is 0 Å². The standard InChI is InChI=1S/C19H24N2O/c1-3-16-9-6-7-11-18(16)20-13-12-19(22)21-14-17-10-5-4-8-15(17)2/h4-11,20H,3,12-14H2,1-2H3,(H,21,22). The number of hydrogen-bond acceptors (Lipinski definition) is 2. The van der Waals surface area contributed by atoms with Crippen molar-refractivity contribution < 1.29 is 4.79 Å². The molecule has 2 aromatic rings. The van der Waals surface area contributed by atoms with Gasteiger partial charge in [-0.15, -0.1) is 0 Å². The van der Waals surface area contributed by atoms with E-state index in [4.69, 9.17) is 0 Å². The molecule has 0 saturated carbocycles. The van der Waals surface area contributed by atoms with Gasteiger partial charge in [-0.2, -0.15) is 0 Å². The second-order valence-corrected chi connectivity index (χ2v) is 5.39. The molecule has 2 aromatic carbocycles. The van der Waals surface area contributed by atoms with Gasteiger partial charge in [0.15, 0.2) is 0 Å². The second kappa shape index (κ2) is 8.23. The number of anilines is 1. The van der Waals surface area contributed by atoms with Crippen LogP contribution in [-0.2, 0) is 17.8 Å². The molecule has 0 saturated heterocycles.